The standard InChI is InChI=1S/C12H6BrClF3N3O/c13-6-1-2-7(8(5-6)12(15,16)17)10(21)20-11-18-4-3-9(14)19-11/h1-5H,(H,18,19,20,21). The van der Waals surface area contributed by atoms with Crippen molar-refractivity contribution in [2.45, 2.75) is 6.18 Å². The van der Waals surface area contributed by atoms with E-state index >= 15 is 0 Å². The van der Waals surface area contributed by atoms with E-state index in [1.165, 1.54) is 18.3 Å². The molecule has 4 nitrogen and oxygen atoms in total. The number of aromatic nitrogens is 2. The summed E-state index contributed by atoms with van der Waals surface area (Å²) >= 11 is 8.55. The van der Waals surface area contributed by atoms with Crippen LogP contribution in [0.5, 0.6) is 0 Å². The first kappa shape index (κ1) is 15.7. The second-order valence-corrected chi connectivity index (χ2v) is 5.15. The van der Waals surface area contributed by atoms with Gasteiger partial charge >= 0.3 is 6.18 Å². The summed E-state index contributed by atoms with van der Waals surface area (Å²) in [5, 5.41) is 2.23. The van der Waals surface area contributed by atoms with Gasteiger partial charge in [0.05, 0.1) is 11.1 Å². The Morgan fingerprint density at radius 3 is 2.62 bits per heavy atom. The monoisotopic (exact) mass is 379 g/mol. The highest BCUT2D eigenvalue weighted by atomic mass is 79.9. The number of carbonyl (C=O) groups excluding carboxylic acids is 1. The zero-order valence-corrected chi connectivity index (χ0v) is 12.4. The molecule has 0 aliphatic rings. The summed E-state index contributed by atoms with van der Waals surface area (Å²) in [5.41, 5.74) is -1.59. The first-order valence-electron chi connectivity index (χ1n) is 5.44. The van der Waals surface area contributed by atoms with E-state index in [1.54, 1.807) is 0 Å². The molecule has 0 saturated heterocycles. The van der Waals surface area contributed by atoms with Crippen LogP contribution in [-0.2, 0) is 6.18 Å². The highest BCUT2D eigenvalue weighted by Crippen LogP contribution is 2.34. The third-order valence-electron chi connectivity index (χ3n) is 2.38. The molecule has 21 heavy (non-hydrogen) atoms. The first-order valence-corrected chi connectivity index (χ1v) is 6.61. The minimum atomic E-state index is -4.66. The van der Waals surface area contributed by atoms with Gasteiger partial charge in [0.1, 0.15) is 5.15 Å². The zero-order chi connectivity index (χ0) is 15.6. The molecule has 0 atom stereocenters. The molecule has 0 spiro atoms. The normalized spacial score (nSPS) is 11.3. The van der Waals surface area contributed by atoms with Gasteiger partial charge in [-0.3, -0.25) is 10.1 Å². The van der Waals surface area contributed by atoms with Crippen LogP contribution in [0.3, 0.4) is 0 Å². The molecule has 1 aromatic carbocycles. The molecule has 9 heteroatoms. The maximum absolute atomic E-state index is 12.9. The van der Waals surface area contributed by atoms with Gasteiger partial charge in [0.2, 0.25) is 5.95 Å². The molecule has 1 N–H and O–H groups in total. The van der Waals surface area contributed by atoms with Gasteiger partial charge in [0.15, 0.2) is 0 Å². The van der Waals surface area contributed by atoms with Crippen molar-refractivity contribution in [1.29, 1.82) is 0 Å². The van der Waals surface area contributed by atoms with Gasteiger partial charge in [-0.25, -0.2) is 9.97 Å². The molecule has 1 heterocycles. The van der Waals surface area contributed by atoms with Crippen molar-refractivity contribution in [2.75, 3.05) is 5.32 Å². The van der Waals surface area contributed by atoms with Crippen molar-refractivity contribution in [3.8, 4) is 0 Å². The number of hydrogen-bond donors (Lipinski definition) is 1. The van der Waals surface area contributed by atoms with Crippen LogP contribution >= 0.6 is 27.5 Å². The third-order valence-corrected chi connectivity index (χ3v) is 3.08. The highest BCUT2D eigenvalue weighted by Gasteiger charge is 2.35. The smallest absolute Gasteiger partial charge is 0.290 e. The van der Waals surface area contributed by atoms with Crippen LogP contribution in [0.2, 0.25) is 5.15 Å². The maximum Gasteiger partial charge on any atom is 0.417 e. The van der Waals surface area contributed by atoms with E-state index < -0.39 is 23.2 Å². The fraction of sp³-hybridized carbons (Fsp3) is 0.0833. The molecule has 0 aliphatic carbocycles. The summed E-state index contributed by atoms with van der Waals surface area (Å²) in [6, 6.07) is 4.60. The van der Waals surface area contributed by atoms with Crippen molar-refractivity contribution < 1.29 is 18.0 Å². The molecule has 0 fully saturated rings. The topological polar surface area (TPSA) is 54.9 Å². The number of rotatable bonds is 2. The number of alkyl halides is 3. The van der Waals surface area contributed by atoms with Gasteiger partial charge in [0, 0.05) is 10.7 Å². The van der Waals surface area contributed by atoms with E-state index in [9.17, 15) is 18.0 Å². The molecule has 0 saturated carbocycles. The van der Waals surface area contributed by atoms with Crippen LogP contribution in [0.25, 0.3) is 0 Å². The lowest BCUT2D eigenvalue weighted by molar-refractivity contribution is -0.137. The number of nitrogens with zero attached hydrogens (tertiary/aromatic N) is 2. The van der Waals surface area contributed by atoms with Crippen LogP contribution in [-0.4, -0.2) is 15.9 Å². The molecule has 0 aliphatic heterocycles. The van der Waals surface area contributed by atoms with Crippen LogP contribution in [0.1, 0.15) is 15.9 Å². The molecule has 110 valence electrons. The number of nitrogens with one attached hydrogen (secondary N) is 1. The highest BCUT2D eigenvalue weighted by molar-refractivity contribution is 9.10. The predicted octanol–water partition coefficient (Wildman–Crippen LogP) is 4.16. The van der Waals surface area contributed by atoms with Gasteiger partial charge in [-0.1, -0.05) is 27.5 Å². The predicted molar refractivity (Wildman–Crippen MR) is 74.1 cm³/mol. The van der Waals surface area contributed by atoms with Crippen molar-refractivity contribution in [2.24, 2.45) is 0 Å². The van der Waals surface area contributed by atoms with E-state index in [0.717, 1.165) is 12.1 Å². The molecule has 0 bridgehead atoms. The summed E-state index contributed by atoms with van der Waals surface area (Å²) < 4.78 is 39.0. The van der Waals surface area contributed by atoms with Crippen LogP contribution < -0.4 is 5.32 Å². The minimum absolute atomic E-state index is 0.0622. The summed E-state index contributed by atoms with van der Waals surface area (Å²) in [6.45, 7) is 0. The van der Waals surface area contributed by atoms with Crippen LogP contribution in [0, 0.1) is 0 Å². The number of anilines is 1. The van der Waals surface area contributed by atoms with Gasteiger partial charge < -0.3 is 0 Å². The Hall–Kier alpha value is -1.67. The molecular weight excluding hydrogens is 375 g/mol. The average Bonchev–Trinajstić information content (AvgIpc) is 2.37. The number of amides is 1. The third kappa shape index (κ3) is 3.92. The Bertz CT molecular complexity index is 694. The second-order valence-electron chi connectivity index (χ2n) is 3.84. The fourth-order valence-corrected chi connectivity index (χ4v) is 2.01. The Morgan fingerprint density at radius 1 is 1.29 bits per heavy atom. The minimum Gasteiger partial charge on any atom is -0.290 e. The lowest BCUT2D eigenvalue weighted by Crippen LogP contribution is -2.19. The number of benzene rings is 1. The largest absolute Gasteiger partial charge is 0.417 e. The summed E-state index contributed by atoms with van der Waals surface area (Å²) in [7, 11) is 0. The summed E-state index contributed by atoms with van der Waals surface area (Å²) in [6.07, 6.45) is -3.39. The van der Waals surface area contributed by atoms with Gasteiger partial charge in [0.25, 0.3) is 5.91 Å². The number of hydrogen-bond acceptors (Lipinski definition) is 3. The first-order chi connectivity index (χ1) is 9.77. The van der Waals surface area contributed by atoms with Crippen molar-refractivity contribution >= 4 is 39.4 Å². The Labute approximate surface area is 130 Å². The van der Waals surface area contributed by atoms with E-state index in [4.69, 9.17) is 11.6 Å². The molecule has 1 amide bonds. The van der Waals surface area contributed by atoms with Crippen molar-refractivity contribution in [3.63, 3.8) is 0 Å². The second kappa shape index (κ2) is 5.98. The summed E-state index contributed by atoms with van der Waals surface area (Å²) in [4.78, 5) is 19.3. The molecule has 1 aromatic heterocycles. The van der Waals surface area contributed by atoms with E-state index in [-0.39, 0.29) is 15.6 Å². The molecule has 0 unspecified atom stereocenters. The van der Waals surface area contributed by atoms with Crippen molar-refractivity contribution in [3.05, 3.63) is 51.2 Å². The summed E-state index contributed by atoms with van der Waals surface area (Å²) in [5.74, 6) is -1.15. The molecule has 2 aromatic rings. The van der Waals surface area contributed by atoms with E-state index in [2.05, 4.69) is 31.2 Å². The average molecular weight is 381 g/mol. The lowest BCUT2D eigenvalue weighted by atomic mass is 10.1. The van der Waals surface area contributed by atoms with E-state index in [0.29, 0.717) is 0 Å². The quantitative estimate of drug-likeness (QED) is 0.796. The van der Waals surface area contributed by atoms with Gasteiger partial charge in [-0.15, -0.1) is 0 Å². The fourth-order valence-electron chi connectivity index (χ4n) is 1.51. The Kier molecular flexibility index (Phi) is 4.48. The zero-order valence-electron chi connectivity index (χ0n) is 10.1. The van der Waals surface area contributed by atoms with E-state index in [1.807, 2.05) is 0 Å². The lowest BCUT2D eigenvalue weighted by Gasteiger charge is -2.12. The molecular formula is C12H6BrClF3N3O. The van der Waals surface area contributed by atoms with Crippen molar-refractivity contribution in [1.82, 2.24) is 9.97 Å². The number of halogens is 5. The SMILES string of the molecule is O=C(Nc1nccc(Cl)n1)c1ccc(Br)cc1C(F)(F)F. The molecule has 2 rings (SSSR count). The van der Waals surface area contributed by atoms with Crippen LogP contribution in [0.4, 0.5) is 19.1 Å². The molecule has 0 radical (unpaired) electrons. The van der Waals surface area contributed by atoms with Crippen LogP contribution in [0.15, 0.2) is 34.9 Å². The Balaban J connectivity index is 2.35. The number of carbonyl (C=O) groups is 1. The van der Waals surface area contributed by atoms with Gasteiger partial charge in [-0.2, -0.15) is 13.2 Å². The maximum atomic E-state index is 12.9. The Morgan fingerprint density at radius 2 is 2.00 bits per heavy atom. The van der Waals surface area contributed by atoms with Gasteiger partial charge in [-0.05, 0) is 24.3 Å².